The van der Waals surface area contributed by atoms with E-state index in [9.17, 15) is 14.0 Å². The summed E-state index contributed by atoms with van der Waals surface area (Å²) < 4.78 is 24.0. The van der Waals surface area contributed by atoms with Gasteiger partial charge in [-0.2, -0.15) is 0 Å². The van der Waals surface area contributed by atoms with Crippen molar-refractivity contribution in [3.8, 4) is 11.5 Å². The normalized spacial score (nSPS) is 24.0. The van der Waals surface area contributed by atoms with Gasteiger partial charge in [0.05, 0.1) is 5.02 Å². The smallest absolute Gasteiger partial charge is 0.412 e. The van der Waals surface area contributed by atoms with Crippen LogP contribution < -0.4 is 20.1 Å². The molecule has 0 spiro atoms. The second kappa shape index (κ2) is 8.32. The predicted octanol–water partition coefficient (Wildman–Crippen LogP) is 4.34. The first-order valence-electron chi connectivity index (χ1n) is 9.45. The summed E-state index contributed by atoms with van der Waals surface area (Å²) in [4.78, 5) is 24.4. The van der Waals surface area contributed by atoms with E-state index in [-0.39, 0.29) is 40.8 Å². The molecule has 0 heterocycles. The molecular formula is C21H19Cl2FN2O4. The summed E-state index contributed by atoms with van der Waals surface area (Å²) in [5, 5.41) is 6.40. The minimum atomic E-state index is -0.606. The molecule has 158 valence electrons. The number of ether oxygens (including phenoxy) is 2. The topological polar surface area (TPSA) is 76.7 Å². The number of amides is 2. The monoisotopic (exact) mass is 452 g/mol. The fourth-order valence-electron chi connectivity index (χ4n) is 4.14. The number of carbonyl (C=O) groups is 2. The van der Waals surface area contributed by atoms with Gasteiger partial charge in [0.25, 0.3) is 5.91 Å². The molecule has 0 aromatic heterocycles. The highest BCUT2D eigenvalue weighted by molar-refractivity contribution is 6.31. The fraction of sp³-hybridized carbons (Fsp3) is 0.333. The highest BCUT2D eigenvalue weighted by Gasteiger charge is 2.57. The van der Waals surface area contributed by atoms with E-state index in [0.29, 0.717) is 17.2 Å². The number of hydrogen-bond donors (Lipinski definition) is 2. The van der Waals surface area contributed by atoms with Crippen LogP contribution >= 0.6 is 23.2 Å². The molecule has 3 aliphatic rings. The molecule has 1 atom stereocenters. The number of hydrogen-bond acceptors (Lipinski definition) is 4. The Hall–Kier alpha value is -2.51. The summed E-state index contributed by atoms with van der Waals surface area (Å²) in [7, 11) is 0. The van der Waals surface area contributed by atoms with Crippen LogP contribution in [0.4, 0.5) is 9.18 Å². The van der Waals surface area contributed by atoms with Gasteiger partial charge in [0, 0.05) is 22.7 Å². The Morgan fingerprint density at radius 1 is 1.07 bits per heavy atom. The number of carbonyl (C=O) groups excluding carboxylic acids is 2. The summed E-state index contributed by atoms with van der Waals surface area (Å²) in [6, 6.07) is 10.4. The molecule has 0 radical (unpaired) electrons. The molecule has 2 aromatic rings. The summed E-state index contributed by atoms with van der Waals surface area (Å²) in [6.07, 6.45) is 1.64. The third kappa shape index (κ3) is 4.63. The molecule has 3 aliphatic carbocycles. The minimum Gasteiger partial charge on any atom is -0.484 e. The van der Waals surface area contributed by atoms with Gasteiger partial charge in [0.15, 0.2) is 6.61 Å². The Balaban J connectivity index is 1.24. The molecular weight excluding hydrogens is 434 g/mol. The van der Waals surface area contributed by atoms with Crippen molar-refractivity contribution >= 4 is 35.2 Å². The molecule has 6 nitrogen and oxygen atoms in total. The van der Waals surface area contributed by atoms with Crippen molar-refractivity contribution in [3.63, 3.8) is 0 Å². The Bertz CT molecular complexity index is 964. The van der Waals surface area contributed by atoms with Crippen LogP contribution in [0.15, 0.2) is 42.5 Å². The average Bonchev–Trinajstić information content (AvgIpc) is 3.18. The second-order valence-electron chi connectivity index (χ2n) is 7.66. The lowest BCUT2D eigenvalue weighted by Crippen LogP contribution is -2.53. The van der Waals surface area contributed by atoms with Gasteiger partial charge < -0.3 is 20.1 Å². The van der Waals surface area contributed by atoms with Crippen molar-refractivity contribution < 1.29 is 23.5 Å². The van der Waals surface area contributed by atoms with Gasteiger partial charge in [-0.3, -0.25) is 4.79 Å². The zero-order chi connectivity index (χ0) is 21.3. The molecule has 2 N–H and O–H groups in total. The Kier molecular flexibility index (Phi) is 5.75. The molecule has 2 bridgehead atoms. The summed E-state index contributed by atoms with van der Waals surface area (Å²) >= 11 is 11.4. The van der Waals surface area contributed by atoms with Gasteiger partial charge >= 0.3 is 6.09 Å². The molecule has 0 saturated heterocycles. The zero-order valence-electron chi connectivity index (χ0n) is 15.8. The van der Waals surface area contributed by atoms with E-state index < -0.39 is 11.9 Å². The number of rotatable bonds is 6. The molecule has 3 fully saturated rings. The van der Waals surface area contributed by atoms with Crippen molar-refractivity contribution in [1.82, 2.24) is 10.6 Å². The molecule has 30 heavy (non-hydrogen) atoms. The highest BCUT2D eigenvalue weighted by atomic mass is 35.5. The lowest BCUT2D eigenvalue weighted by molar-refractivity contribution is -0.125. The highest BCUT2D eigenvalue weighted by Crippen LogP contribution is 2.52. The minimum absolute atomic E-state index is 0.00899. The fourth-order valence-corrected chi connectivity index (χ4v) is 4.39. The quantitative estimate of drug-likeness (QED) is 0.683. The molecule has 2 amide bonds. The Labute approximate surface area is 182 Å². The van der Waals surface area contributed by atoms with E-state index in [2.05, 4.69) is 10.6 Å². The summed E-state index contributed by atoms with van der Waals surface area (Å²) in [5.41, 5.74) is -0.353. The maximum Gasteiger partial charge on any atom is 0.412 e. The lowest BCUT2D eigenvalue weighted by atomic mass is 9.76. The largest absolute Gasteiger partial charge is 0.484 e. The Morgan fingerprint density at radius 2 is 1.77 bits per heavy atom. The van der Waals surface area contributed by atoms with Crippen LogP contribution in [0.25, 0.3) is 0 Å². The first-order chi connectivity index (χ1) is 14.3. The molecule has 3 saturated carbocycles. The maximum absolute atomic E-state index is 13.4. The van der Waals surface area contributed by atoms with E-state index in [0.717, 1.165) is 18.9 Å². The molecule has 1 unspecified atom stereocenters. The first kappa shape index (κ1) is 20.8. The van der Waals surface area contributed by atoms with Crippen LogP contribution in [0.1, 0.15) is 19.3 Å². The SMILES string of the molecule is O=C(COc1ccc(Cl)c(F)c1)NC12CC(C1)C(NC(=O)Oc1ccc(Cl)cc1)C2. The van der Waals surface area contributed by atoms with Crippen LogP contribution in [0.3, 0.4) is 0 Å². The van der Waals surface area contributed by atoms with E-state index in [4.69, 9.17) is 32.7 Å². The number of benzene rings is 2. The van der Waals surface area contributed by atoms with Gasteiger partial charge in [-0.15, -0.1) is 0 Å². The van der Waals surface area contributed by atoms with Crippen molar-refractivity contribution in [2.45, 2.75) is 30.8 Å². The lowest BCUT2D eigenvalue weighted by Gasteiger charge is -2.39. The van der Waals surface area contributed by atoms with E-state index >= 15 is 0 Å². The van der Waals surface area contributed by atoms with Crippen molar-refractivity contribution in [2.24, 2.45) is 5.92 Å². The number of nitrogens with one attached hydrogen (secondary N) is 2. The van der Waals surface area contributed by atoms with Crippen molar-refractivity contribution in [3.05, 3.63) is 58.3 Å². The van der Waals surface area contributed by atoms with Crippen molar-refractivity contribution in [2.75, 3.05) is 6.61 Å². The van der Waals surface area contributed by atoms with Gasteiger partial charge in [-0.1, -0.05) is 23.2 Å². The maximum atomic E-state index is 13.4. The van der Waals surface area contributed by atoms with E-state index in [1.54, 1.807) is 24.3 Å². The Morgan fingerprint density at radius 3 is 2.47 bits per heavy atom. The molecule has 9 heteroatoms. The van der Waals surface area contributed by atoms with Crippen molar-refractivity contribution in [1.29, 1.82) is 0 Å². The van der Waals surface area contributed by atoms with Crippen LogP contribution in [0.2, 0.25) is 10.0 Å². The molecule has 5 rings (SSSR count). The van der Waals surface area contributed by atoms with Crippen LogP contribution in [-0.4, -0.2) is 30.2 Å². The number of fused-ring (bicyclic) bond motifs is 1. The van der Waals surface area contributed by atoms with Crippen LogP contribution in [0.5, 0.6) is 11.5 Å². The van der Waals surface area contributed by atoms with Crippen LogP contribution in [0, 0.1) is 11.7 Å². The average molecular weight is 453 g/mol. The third-order valence-corrected chi connectivity index (χ3v) is 6.04. The van der Waals surface area contributed by atoms with Gasteiger partial charge in [-0.05, 0) is 61.6 Å². The number of halogens is 3. The summed E-state index contributed by atoms with van der Waals surface area (Å²) in [5.74, 6) is 0.0146. The third-order valence-electron chi connectivity index (χ3n) is 5.48. The van der Waals surface area contributed by atoms with E-state index in [1.165, 1.54) is 12.1 Å². The van der Waals surface area contributed by atoms with Gasteiger partial charge in [0.2, 0.25) is 0 Å². The molecule has 0 aliphatic heterocycles. The van der Waals surface area contributed by atoms with E-state index in [1.807, 2.05) is 0 Å². The second-order valence-corrected chi connectivity index (χ2v) is 8.50. The molecule has 2 aromatic carbocycles. The zero-order valence-corrected chi connectivity index (χ0v) is 17.3. The van der Waals surface area contributed by atoms with Gasteiger partial charge in [0.1, 0.15) is 17.3 Å². The standard InChI is InChI=1S/C21H19Cl2FN2O4/c22-13-1-3-14(4-2-13)30-20(28)25-18-10-21(8-12(18)9-21)26-19(27)11-29-15-5-6-16(23)17(24)7-15/h1-7,12,18H,8-11H2,(H,25,28)(H,26,27). The van der Waals surface area contributed by atoms with Crippen LogP contribution in [-0.2, 0) is 4.79 Å². The predicted molar refractivity (Wildman–Crippen MR) is 110 cm³/mol. The van der Waals surface area contributed by atoms with Gasteiger partial charge in [-0.25, -0.2) is 9.18 Å². The summed E-state index contributed by atoms with van der Waals surface area (Å²) in [6.45, 7) is -0.232. The first-order valence-corrected chi connectivity index (χ1v) is 10.2.